The molecule has 0 aromatic rings. The van der Waals surface area contributed by atoms with Crippen LogP contribution in [0.1, 0.15) is 52.9 Å². The van der Waals surface area contributed by atoms with Crippen LogP contribution in [0.4, 0.5) is 0 Å². The number of allylic oxidation sites excluding steroid dienone is 1. The molecule has 1 fully saturated rings. The van der Waals surface area contributed by atoms with E-state index in [1.54, 1.807) is 0 Å². The van der Waals surface area contributed by atoms with Gasteiger partial charge in [-0.05, 0) is 64.1 Å². The van der Waals surface area contributed by atoms with E-state index in [4.69, 9.17) is 0 Å². The molecule has 0 bridgehead atoms. The summed E-state index contributed by atoms with van der Waals surface area (Å²) in [6, 6.07) is 0. The number of nitrogens with zero attached hydrogens (tertiary/aromatic N) is 1. The van der Waals surface area contributed by atoms with Crippen LogP contribution in [0.5, 0.6) is 0 Å². The molecular formula is C15H29N. The molecule has 0 spiro atoms. The molecule has 0 aliphatic carbocycles. The van der Waals surface area contributed by atoms with Gasteiger partial charge in [0, 0.05) is 0 Å². The van der Waals surface area contributed by atoms with Crippen molar-refractivity contribution >= 4 is 0 Å². The first-order valence-corrected chi connectivity index (χ1v) is 7.01. The summed E-state index contributed by atoms with van der Waals surface area (Å²) in [5.74, 6) is 1.70. The standard InChI is InChI=1S/C15H29N/c1-5-6-15(13(2)3)9-12-16-10-7-14(4)8-11-16/h14-15H,2,5-12H2,1,3-4H3. The van der Waals surface area contributed by atoms with Crippen LogP contribution in [-0.2, 0) is 0 Å². The second kappa shape index (κ2) is 7.11. The van der Waals surface area contributed by atoms with E-state index in [9.17, 15) is 0 Å². The van der Waals surface area contributed by atoms with Gasteiger partial charge in [0.1, 0.15) is 0 Å². The number of rotatable bonds is 6. The minimum Gasteiger partial charge on any atom is -0.303 e. The topological polar surface area (TPSA) is 3.24 Å². The highest BCUT2D eigenvalue weighted by Gasteiger charge is 2.17. The van der Waals surface area contributed by atoms with Crippen LogP contribution in [0.15, 0.2) is 12.2 Å². The van der Waals surface area contributed by atoms with Crippen molar-refractivity contribution in [3.05, 3.63) is 12.2 Å². The molecule has 0 radical (unpaired) electrons. The summed E-state index contributed by atoms with van der Waals surface area (Å²) in [7, 11) is 0. The van der Waals surface area contributed by atoms with Gasteiger partial charge in [-0.1, -0.05) is 32.4 Å². The molecule has 1 rings (SSSR count). The Labute approximate surface area is 102 Å². The summed E-state index contributed by atoms with van der Waals surface area (Å²) in [6.07, 6.45) is 6.71. The minimum absolute atomic E-state index is 0.754. The van der Waals surface area contributed by atoms with E-state index >= 15 is 0 Å². The molecule has 0 N–H and O–H groups in total. The number of piperidine rings is 1. The van der Waals surface area contributed by atoms with Gasteiger partial charge in [-0.3, -0.25) is 0 Å². The van der Waals surface area contributed by atoms with Crippen molar-refractivity contribution in [2.45, 2.75) is 52.9 Å². The summed E-state index contributed by atoms with van der Waals surface area (Å²) in [5.41, 5.74) is 1.38. The summed E-state index contributed by atoms with van der Waals surface area (Å²) in [5, 5.41) is 0. The highest BCUT2D eigenvalue weighted by atomic mass is 15.1. The molecule has 0 aromatic carbocycles. The summed E-state index contributed by atoms with van der Waals surface area (Å²) in [6.45, 7) is 14.9. The Morgan fingerprint density at radius 2 is 1.94 bits per heavy atom. The highest BCUT2D eigenvalue weighted by molar-refractivity contribution is 4.96. The lowest BCUT2D eigenvalue weighted by molar-refractivity contribution is 0.183. The molecule has 1 aliphatic rings. The Hall–Kier alpha value is -0.300. The van der Waals surface area contributed by atoms with E-state index in [0.717, 1.165) is 11.8 Å². The van der Waals surface area contributed by atoms with Gasteiger partial charge in [-0.25, -0.2) is 0 Å². The first-order chi connectivity index (χ1) is 7.63. The molecule has 1 saturated heterocycles. The van der Waals surface area contributed by atoms with E-state index in [1.807, 2.05) is 0 Å². The number of likely N-dealkylation sites (tertiary alicyclic amines) is 1. The minimum atomic E-state index is 0.754. The van der Waals surface area contributed by atoms with Crippen molar-refractivity contribution in [3.63, 3.8) is 0 Å². The largest absolute Gasteiger partial charge is 0.303 e. The molecule has 94 valence electrons. The molecule has 1 unspecified atom stereocenters. The second-order valence-electron chi connectivity index (χ2n) is 5.64. The first kappa shape index (κ1) is 13.8. The van der Waals surface area contributed by atoms with Gasteiger partial charge in [0.25, 0.3) is 0 Å². The average Bonchev–Trinajstić information content (AvgIpc) is 2.26. The fraction of sp³-hybridized carbons (Fsp3) is 0.867. The summed E-state index contributed by atoms with van der Waals surface area (Å²) < 4.78 is 0. The Balaban J connectivity index is 2.23. The molecule has 1 heterocycles. The zero-order valence-electron chi connectivity index (χ0n) is 11.5. The van der Waals surface area contributed by atoms with Gasteiger partial charge < -0.3 is 4.90 Å². The van der Waals surface area contributed by atoms with Crippen molar-refractivity contribution < 1.29 is 0 Å². The van der Waals surface area contributed by atoms with Gasteiger partial charge in [0.05, 0.1) is 0 Å². The van der Waals surface area contributed by atoms with Crippen LogP contribution < -0.4 is 0 Å². The summed E-state index contributed by atoms with van der Waals surface area (Å²) >= 11 is 0. The number of hydrogen-bond donors (Lipinski definition) is 0. The van der Waals surface area contributed by atoms with Crippen molar-refractivity contribution in [1.82, 2.24) is 4.90 Å². The number of hydrogen-bond acceptors (Lipinski definition) is 1. The smallest absolute Gasteiger partial charge is 0.00130 e. The lowest BCUT2D eigenvalue weighted by atomic mass is 9.92. The van der Waals surface area contributed by atoms with E-state index in [0.29, 0.717) is 0 Å². The Bertz CT molecular complexity index is 201. The normalized spacial score (nSPS) is 20.9. The molecule has 1 heteroatoms. The van der Waals surface area contributed by atoms with E-state index in [2.05, 4.69) is 32.3 Å². The van der Waals surface area contributed by atoms with Gasteiger partial charge >= 0.3 is 0 Å². The van der Waals surface area contributed by atoms with Gasteiger partial charge in [0.15, 0.2) is 0 Å². The molecule has 1 atom stereocenters. The highest BCUT2D eigenvalue weighted by Crippen LogP contribution is 2.22. The molecule has 1 aliphatic heterocycles. The molecule has 0 amide bonds. The van der Waals surface area contributed by atoms with Crippen molar-refractivity contribution in [1.29, 1.82) is 0 Å². The van der Waals surface area contributed by atoms with Crippen molar-refractivity contribution in [2.24, 2.45) is 11.8 Å². The molecule has 0 saturated carbocycles. The first-order valence-electron chi connectivity index (χ1n) is 7.01. The fourth-order valence-electron chi connectivity index (χ4n) is 2.61. The van der Waals surface area contributed by atoms with Crippen LogP contribution >= 0.6 is 0 Å². The molecule has 16 heavy (non-hydrogen) atoms. The zero-order chi connectivity index (χ0) is 12.0. The Kier molecular flexibility index (Phi) is 6.12. The second-order valence-corrected chi connectivity index (χ2v) is 5.64. The monoisotopic (exact) mass is 223 g/mol. The maximum Gasteiger partial charge on any atom is -0.00130 e. The van der Waals surface area contributed by atoms with Gasteiger partial charge in [-0.15, -0.1) is 0 Å². The average molecular weight is 223 g/mol. The zero-order valence-corrected chi connectivity index (χ0v) is 11.5. The van der Waals surface area contributed by atoms with E-state index in [1.165, 1.54) is 57.3 Å². The molecular weight excluding hydrogens is 194 g/mol. The third-order valence-corrected chi connectivity index (χ3v) is 4.00. The van der Waals surface area contributed by atoms with Crippen LogP contribution in [0.25, 0.3) is 0 Å². The van der Waals surface area contributed by atoms with Gasteiger partial charge in [0.2, 0.25) is 0 Å². The predicted octanol–water partition coefficient (Wildman–Crippen LogP) is 4.10. The summed E-state index contributed by atoms with van der Waals surface area (Å²) in [4.78, 5) is 2.64. The van der Waals surface area contributed by atoms with E-state index < -0.39 is 0 Å². The van der Waals surface area contributed by atoms with Crippen molar-refractivity contribution in [3.8, 4) is 0 Å². The third-order valence-electron chi connectivity index (χ3n) is 4.00. The van der Waals surface area contributed by atoms with Crippen LogP contribution in [0.2, 0.25) is 0 Å². The van der Waals surface area contributed by atoms with Crippen LogP contribution in [0, 0.1) is 11.8 Å². The SMILES string of the molecule is C=C(C)C(CCC)CCN1CCC(C)CC1. The maximum absolute atomic E-state index is 4.13. The van der Waals surface area contributed by atoms with E-state index in [-0.39, 0.29) is 0 Å². The molecule has 0 aromatic heterocycles. The quantitative estimate of drug-likeness (QED) is 0.613. The lowest BCUT2D eigenvalue weighted by Crippen LogP contribution is -2.34. The van der Waals surface area contributed by atoms with Crippen molar-refractivity contribution in [2.75, 3.05) is 19.6 Å². The maximum atomic E-state index is 4.13. The Morgan fingerprint density at radius 1 is 1.31 bits per heavy atom. The third kappa shape index (κ3) is 4.69. The fourth-order valence-corrected chi connectivity index (χ4v) is 2.61. The predicted molar refractivity (Wildman–Crippen MR) is 72.7 cm³/mol. The van der Waals surface area contributed by atoms with Crippen LogP contribution in [-0.4, -0.2) is 24.5 Å². The molecule has 1 nitrogen and oxygen atoms in total. The van der Waals surface area contributed by atoms with Gasteiger partial charge in [-0.2, -0.15) is 0 Å². The Morgan fingerprint density at radius 3 is 2.44 bits per heavy atom. The van der Waals surface area contributed by atoms with Crippen LogP contribution in [0.3, 0.4) is 0 Å². The lowest BCUT2D eigenvalue weighted by Gasteiger charge is -2.31.